The minimum absolute atomic E-state index is 0.0379. The molecule has 2 nitrogen and oxygen atoms in total. The van der Waals surface area contributed by atoms with Crippen LogP contribution in [0.5, 0.6) is 0 Å². The molecule has 2 aliphatic rings. The van der Waals surface area contributed by atoms with Crippen LogP contribution in [-0.2, 0) is 5.41 Å². The monoisotopic (exact) mass is 426 g/mol. The largest absolute Gasteiger partial charge is 0.400 e. The molecule has 1 saturated heterocycles. The van der Waals surface area contributed by atoms with Gasteiger partial charge in [0.2, 0.25) is 0 Å². The first-order valence-corrected chi connectivity index (χ1v) is 9.86. The maximum Gasteiger partial charge on any atom is 0.400 e. The molecule has 0 saturated carbocycles. The number of nitrogens with zero attached hydrogens (tertiary/aromatic N) is 2. The maximum atomic E-state index is 14.2. The predicted molar refractivity (Wildman–Crippen MR) is 109 cm³/mol. The summed E-state index contributed by atoms with van der Waals surface area (Å²) in [6.07, 6.45) is 0.689. The highest BCUT2D eigenvalue weighted by molar-refractivity contribution is 6.34. The lowest BCUT2D eigenvalue weighted by Crippen LogP contribution is -2.44. The minimum atomic E-state index is -4.41. The summed E-state index contributed by atoms with van der Waals surface area (Å²) in [4.78, 5) is 3.91. The van der Waals surface area contributed by atoms with Crippen LogP contribution in [0.3, 0.4) is 0 Å². The van der Waals surface area contributed by atoms with E-state index in [-0.39, 0.29) is 28.6 Å². The zero-order chi connectivity index (χ0) is 19.9. The average molecular weight is 427 g/mol. The molecular weight excluding hydrogens is 408 g/mol. The molecular formula is C21H19Cl2F3N2. The van der Waals surface area contributed by atoms with Crippen LogP contribution in [0.15, 0.2) is 54.7 Å². The Kier molecular flexibility index (Phi) is 5.00. The van der Waals surface area contributed by atoms with Gasteiger partial charge < -0.3 is 9.80 Å². The smallest absolute Gasteiger partial charge is 0.370 e. The fourth-order valence-corrected chi connectivity index (χ4v) is 4.58. The normalized spacial score (nSPS) is 22.3. The van der Waals surface area contributed by atoms with E-state index in [1.165, 1.54) is 18.2 Å². The van der Waals surface area contributed by atoms with E-state index in [4.69, 9.17) is 23.2 Å². The van der Waals surface area contributed by atoms with Crippen LogP contribution in [0.2, 0.25) is 10.0 Å². The summed E-state index contributed by atoms with van der Waals surface area (Å²) in [5, 5.41) is 0.431. The maximum absolute atomic E-state index is 14.2. The van der Waals surface area contributed by atoms with Crippen molar-refractivity contribution in [1.29, 1.82) is 0 Å². The molecule has 148 valence electrons. The van der Waals surface area contributed by atoms with Crippen molar-refractivity contribution in [1.82, 2.24) is 0 Å². The van der Waals surface area contributed by atoms with E-state index in [2.05, 4.69) is 11.0 Å². The van der Waals surface area contributed by atoms with Crippen molar-refractivity contribution in [3.8, 4) is 0 Å². The van der Waals surface area contributed by atoms with Crippen LogP contribution in [0.1, 0.15) is 18.4 Å². The zero-order valence-electron chi connectivity index (χ0n) is 15.0. The quantitative estimate of drug-likeness (QED) is 0.557. The van der Waals surface area contributed by atoms with Crippen LogP contribution in [-0.4, -0.2) is 25.8 Å². The van der Waals surface area contributed by atoms with Gasteiger partial charge in [0, 0.05) is 47.3 Å². The molecule has 1 unspecified atom stereocenters. The van der Waals surface area contributed by atoms with Crippen molar-refractivity contribution < 1.29 is 13.2 Å². The number of halogens is 5. The van der Waals surface area contributed by atoms with E-state index in [0.717, 1.165) is 24.3 Å². The third-order valence-electron chi connectivity index (χ3n) is 5.60. The van der Waals surface area contributed by atoms with E-state index in [0.29, 0.717) is 6.54 Å². The number of hydrogen-bond donors (Lipinski definition) is 0. The van der Waals surface area contributed by atoms with Crippen molar-refractivity contribution >= 4 is 34.6 Å². The molecule has 0 aromatic heterocycles. The Bertz CT molecular complexity index is 875. The van der Waals surface area contributed by atoms with Gasteiger partial charge in [0.1, 0.15) is 5.41 Å². The highest BCUT2D eigenvalue weighted by Crippen LogP contribution is 2.49. The van der Waals surface area contributed by atoms with E-state index in [9.17, 15) is 13.2 Å². The first kappa shape index (κ1) is 19.5. The Morgan fingerprint density at radius 2 is 1.54 bits per heavy atom. The second-order valence-corrected chi connectivity index (χ2v) is 8.17. The molecule has 0 spiro atoms. The molecule has 1 fully saturated rings. The van der Waals surface area contributed by atoms with E-state index >= 15 is 0 Å². The Morgan fingerprint density at radius 1 is 0.893 bits per heavy atom. The molecule has 1 atom stereocenters. The van der Waals surface area contributed by atoms with Gasteiger partial charge in [0.25, 0.3) is 0 Å². The van der Waals surface area contributed by atoms with Crippen LogP contribution in [0, 0.1) is 0 Å². The SMILES string of the molecule is FC(F)(F)C1(c2cc(Cl)cc(Cl)c2)CCN(c2ccc(N3C=CCC3)cc2)C1. The molecule has 2 aliphatic heterocycles. The van der Waals surface area contributed by atoms with Gasteiger partial charge in [-0.05, 0) is 60.9 Å². The third kappa shape index (κ3) is 3.46. The Balaban J connectivity index is 1.63. The predicted octanol–water partition coefficient (Wildman–Crippen LogP) is 6.43. The highest BCUT2D eigenvalue weighted by atomic mass is 35.5. The van der Waals surface area contributed by atoms with Gasteiger partial charge in [0.15, 0.2) is 0 Å². The van der Waals surface area contributed by atoms with Gasteiger partial charge in [-0.25, -0.2) is 0 Å². The van der Waals surface area contributed by atoms with Gasteiger partial charge in [-0.3, -0.25) is 0 Å². The van der Waals surface area contributed by atoms with Crippen molar-refractivity contribution in [2.75, 3.05) is 29.4 Å². The number of alkyl halides is 3. The van der Waals surface area contributed by atoms with Crippen molar-refractivity contribution in [3.63, 3.8) is 0 Å². The zero-order valence-corrected chi connectivity index (χ0v) is 16.5. The van der Waals surface area contributed by atoms with Crippen LogP contribution in [0.25, 0.3) is 0 Å². The summed E-state index contributed by atoms with van der Waals surface area (Å²) >= 11 is 12.0. The fourth-order valence-electron chi connectivity index (χ4n) is 4.05. The van der Waals surface area contributed by atoms with Crippen LogP contribution in [0.4, 0.5) is 24.5 Å². The molecule has 0 amide bonds. The molecule has 0 radical (unpaired) electrons. The summed E-state index contributed by atoms with van der Waals surface area (Å²) in [7, 11) is 0. The summed E-state index contributed by atoms with van der Waals surface area (Å²) in [5.41, 5.74) is -0.0387. The lowest BCUT2D eigenvalue weighted by Gasteiger charge is -2.33. The van der Waals surface area contributed by atoms with Gasteiger partial charge >= 0.3 is 6.18 Å². The number of rotatable bonds is 3. The third-order valence-corrected chi connectivity index (χ3v) is 6.03. The average Bonchev–Trinajstić information content (AvgIpc) is 3.31. The van der Waals surface area contributed by atoms with Gasteiger partial charge in [-0.2, -0.15) is 13.2 Å². The molecule has 2 heterocycles. The number of benzene rings is 2. The first-order chi connectivity index (χ1) is 13.3. The molecule has 7 heteroatoms. The van der Waals surface area contributed by atoms with Gasteiger partial charge in [-0.15, -0.1) is 0 Å². The first-order valence-electron chi connectivity index (χ1n) is 9.10. The number of hydrogen-bond acceptors (Lipinski definition) is 2. The van der Waals surface area contributed by atoms with Gasteiger partial charge in [-0.1, -0.05) is 29.3 Å². The van der Waals surface area contributed by atoms with Crippen LogP contribution < -0.4 is 9.80 Å². The minimum Gasteiger partial charge on any atom is -0.370 e. The topological polar surface area (TPSA) is 6.48 Å². The molecule has 0 aliphatic carbocycles. The van der Waals surface area contributed by atoms with Gasteiger partial charge in [0.05, 0.1) is 0 Å². The Hall–Kier alpha value is -1.85. The molecule has 4 rings (SSSR count). The second-order valence-electron chi connectivity index (χ2n) is 7.29. The molecule has 0 N–H and O–H groups in total. The van der Waals surface area contributed by atoms with Crippen molar-refractivity contribution in [2.45, 2.75) is 24.4 Å². The summed E-state index contributed by atoms with van der Waals surface area (Å²) < 4.78 is 42.6. The lowest BCUT2D eigenvalue weighted by atomic mass is 9.79. The molecule has 2 aromatic rings. The summed E-state index contributed by atoms with van der Waals surface area (Å²) in [6, 6.07) is 11.9. The highest BCUT2D eigenvalue weighted by Gasteiger charge is 2.59. The molecule has 0 bridgehead atoms. The molecule has 28 heavy (non-hydrogen) atoms. The Morgan fingerprint density at radius 3 is 2.11 bits per heavy atom. The lowest BCUT2D eigenvalue weighted by molar-refractivity contribution is -0.184. The number of anilines is 2. The van der Waals surface area contributed by atoms with Crippen molar-refractivity contribution in [3.05, 3.63) is 70.3 Å². The van der Waals surface area contributed by atoms with E-state index in [1.54, 1.807) is 4.90 Å². The fraction of sp³-hybridized carbons (Fsp3) is 0.333. The Labute approximate surface area is 172 Å². The summed E-state index contributed by atoms with van der Waals surface area (Å²) in [6.45, 7) is 1.08. The molecule has 2 aromatic carbocycles. The second kappa shape index (κ2) is 7.20. The summed E-state index contributed by atoms with van der Waals surface area (Å²) in [5.74, 6) is 0. The van der Waals surface area contributed by atoms with Crippen molar-refractivity contribution in [2.24, 2.45) is 0 Å². The van der Waals surface area contributed by atoms with E-state index in [1.807, 2.05) is 30.5 Å². The van der Waals surface area contributed by atoms with Crippen LogP contribution >= 0.6 is 23.2 Å². The standard InChI is InChI=1S/C21H19Cl2F3N2/c22-16-11-15(12-17(23)13-16)20(21(24,25)26)7-10-28(14-20)19-5-3-18(4-6-19)27-8-1-2-9-27/h1,3-6,8,11-13H,2,7,9-10,14H2. The van der Waals surface area contributed by atoms with E-state index < -0.39 is 11.6 Å².